The molecule has 0 spiro atoms. The van der Waals surface area contributed by atoms with Crippen molar-refractivity contribution < 1.29 is 19.6 Å². The topological polar surface area (TPSA) is 114 Å². The van der Waals surface area contributed by atoms with E-state index >= 15 is 0 Å². The van der Waals surface area contributed by atoms with E-state index in [-0.39, 0.29) is 36.2 Å². The average Bonchev–Trinajstić information content (AvgIpc) is 2.79. The Hall–Kier alpha value is -2.77. The summed E-state index contributed by atoms with van der Waals surface area (Å²) in [7, 11) is 0. The molecule has 0 aromatic carbocycles. The highest BCUT2D eigenvalue weighted by molar-refractivity contribution is 5.98. The lowest BCUT2D eigenvalue weighted by molar-refractivity contribution is -0.384. The second-order valence-corrected chi connectivity index (χ2v) is 4.33. The Labute approximate surface area is 113 Å². The summed E-state index contributed by atoms with van der Waals surface area (Å²) in [5.41, 5.74) is -0.796. The maximum absolute atomic E-state index is 11.8. The number of hydrogen-bond acceptors (Lipinski definition) is 5. The second kappa shape index (κ2) is 5.08. The molecule has 2 heterocycles. The van der Waals surface area contributed by atoms with Crippen LogP contribution in [-0.2, 0) is 4.79 Å². The molecule has 0 aliphatic carbocycles. The first-order chi connectivity index (χ1) is 9.43. The van der Waals surface area contributed by atoms with Gasteiger partial charge in [0.1, 0.15) is 0 Å². The van der Waals surface area contributed by atoms with Crippen molar-refractivity contribution in [2.45, 2.75) is 6.42 Å². The summed E-state index contributed by atoms with van der Waals surface area (Å²) in [6.45, 7) is 3.84. The van der Waals surface area contributed by atoms with Crippen LogP contribution < -0.4 is 4.90 Å². The van der Waals surface area contributed by atoms with Crippen molar-refractivity contribution in [3.63, 3.8) is 0 Å². The molecule has 1 aliphatic rings. The van der Waals surface area contributed by atoms with Crippen molar-refractivity contribution in [3.8, 4) is 0 Å². The van der Waals surface area contributed by atoms with Gasteiger partial charge in [0.25, 0.3) is 0 Å². The first-order valence-electron chi connectivity index (χ1n) is 5.74. The highest BCUT2D eigenvalue weighted by Gasteiger charge is 2.34. The average molecular weight is 277 g/mol. The minimum Gasteiger partial charge on any atom is -0.478 e. The highest BCUT2D eigenvalue weighted by atomic mass is 16.6. The highest BCUT2D eigenvalue weighted by Crippen LogP contribution is 2.31. The number of hydrogen-bond donors (Lipinski definition) is 1. The van der Waals surface area contributed by atoms with Crippen molar-refractivity contribution in [1.29, 1.82) is 0 Å². The maximum Gasteiger partial charge on any atom is 0.337 e. The summed E-state index contributed by atoms with van der Waals surface area (Å²) in [6, 6.07) is 0.902. The van der Waals surface area contributed by atoms with Crippen molar-refractivity contribution in [2.24, 2.45) is 5.92 Å². The summed E-state index contributed by atoms with van der Waals surface area (Å²) in [5, 5.41) is 19.8. The lowest BCUT2D eigenvalue weighted by atomic mass is 10.1. The fourth-order valence-corrected chi connectivity index (χ4v) is 2.00. The van der Waals surface area contributed by atoms with Crippen molar-refractivity contribution in [2.75, 3.05) is 11.4 Å². The van der Waals surface area contributed by atoms with Gasteiger partial charge in [0.05, 0.1) is 10.5 Å². The second-order valence-electron chi connectivity index (χ2n) is 4.33. The normalized spacial score (nSPS) is 18.1. The van der Waals surface area contributed by atoms with E-state index in [0.717, 1.165) is 12.3 Å². The Morgan fingerprint density at radius 3 is 2.85 bits per heavy atom. The molecule has 1 aromatic heterocycles. The Bertz CT molecular complexity index is 613. The molecular weight excluding hydrogens is 266 g/mol. The molecule has 20 heavy (non-hydrogen) atoms. The fraction of sp³-hybridized carbons (Fsp3) is 0.250. The van der Waals surface area contributed by atoms with Crippen molar-refractivity contribution in [1.82, 2.24) is 4.98 Å². The first kappa shape index (κ1) is 13.7. The first-order valence-corrected chi connectivity index (χ1v) is 5.74. The number of carboxylic acids is 1. The van der Waals surface area contributed by atoms with Gasteiger partial charge in [0, 0.05) is 31.1 Å². The molecule has 1 aliphatic heterocycles. The van der Waals surface area contributed by atoms with E-state index in [4.69, 9.17) is 5.11 Å². The number of aromatic carboxylic acids is 1. The van der Waals surface area contributed by atoms with E-state index in [1.165, 1.54) is 4.90 Å². The van der Waals surface area contributed by atoms with E-state index in [9.17, 15) is 19.7 Å². The van der Waals surface area contributed by atoms with Gasteiger partial charge in [0.15, 0.2) is 0 Å². The molecule has 1 aromatic rings. The number of carboxylic acid groups (broad SMARTS) is 1. The molecule has 8 heteroatoms. The zero-order chi connectivity index (χ0) is 14.9. The van der Waals surface area contributed by atoms with Gasteiger partial charge in [-0.3, -0.25) is 19.8 Å². The molecule has 1 saturated heterocycles. The Kier molecular flexibility index (Phi) is 3.47. The van der Waals surface area contributed by atoms with Gasteiger partial charge in [-0.2, -0.15) is 0 Å². The molecule has 104 valence electrons. The zero-order valence-electron chi connectivity index (χ0n) is 10.4. The number of carbonyl (C=O) groups excluding carboxylic acids is 1. The van der Waals surface area contributed by atoms with E-state index in [0.29, 0.717) is 0 Å². The van der Waals surface area contributed by atoms with Crippen LogP contribution in [-0.4, -0.2) is 33.4 Å². The molecule has 0 saturated carbocycles. The van der Waals surface area contributed by atoms with Crippen LogP contribution in [0.25, 0.3) is 0 Å². The van der Waals surface area contributed by atoms with Crippen LogP contribution in [0.2, 0.25) is 0 Å². The van der Waals surface area contributed by atoms with Crippen molar-refractivity contribution >= 4 is 23.4 Å². The predicted molar refractivity (Wildman–Crippen MR) is 68.5 cm³/mol. The van der Waals surface area contributed by atoms with Gasteiger partial charge in [-0.15, -0.1) is 6.58 Å². The van der Waals surface area contributed by atoms with Crippen LogP contribution in [0.15, 0.2) is 24.9 Å². The Morgan fingerprint density at radius 1 is 1.65 bits per heavy atom. The summed E-state index contributed by atoms with van der Waals surface area (Å²) < 4.78 is 0. The fourth-order valence-electron chi connectivity index (χ4n) is 2.00. The number of pyridine rings is 1. The lowest BCUT2D eigenvalue weighted by Gasteiger charge is -2.15. The molecule has 1 N–H and O–H groups in total. The van der Waals surface area contributed by atoms with Crippen molar-refractivity contribution in [3.05, 3.63) is 40.6 Å². The summed E-state index contributed by atoms with van der Waals surface area (Å²) >= 11 is 0. The molecule has 2 rings (SSSR count). The molecule has 1 unspecified atom stereocenters. The largest absolute Gasteiger partial charge is 0.478 e. The third-order valence-electron chi connectivity index (χ3n) is 3.03. The number of rotatable bonds is 4. The minimum absolute atomic E-state index is 0.0944. The molecule has 0 radical (unpaired) electrons. The number of carbonyl (C=O) groups is 2. The van der Waals surface area contributed by atoms with Gasteiger partial charge in [0.2, 0.25) is 11.7 Å². The zero-order valence-corrected chi connectivity index (χ0v) is 10.4. The molecular formula is C12H11N3O5. The minimum atomic E-state index is -1.32. The van der Waals surface area contributed by atoms with E-state index < -0.39 is 16.6 Å². The monoisotopic (exact) mass is 277 g/mol. The third kappa shape index (κ3) is 2.35. The maximum atomic E-state index is 11.8. The Balaban J connectivity index is 2.46. The van der Waals surface area contributed by atoms with Crippen LogP contribution in [0.5, 0.6) is 0 Å². The number of anilines is 1. The lowest BCUT2D eigenvalue weighted by Crippen LogP contribution is -2.26. The molecule has 8 nitrogen and oxygen atoms in total. The van der Waals surface area contributed by atoms with E-state index in [2.05, 4.69) is 11.6 Å². The van der Waals surface area contributed by atoms with Gasteiger partial charge in [-0.1, -0.05) is 6.08 Å². The van der Waals surface area contributed by atoms with Crippen LogP contribution in [0.3, 0.4) is 0 Å². The van der Waals surface area contributed by atoms with Gasteiger partial charge in [-0.25, -0.2) is 9.78 Å². The molecule has 0 bridgehead atoms. The van der Waals surface area contributed by atoms with Crippen LogP contribution >= 0.6 is 0 Å². The molecule has 1 fully saturated rings. The summed E-state index contributed by atoms with van der Waals surface area (Å²) in [5.74, 6) is -1.84. The number of nitro groups is 1. The van der Waals surface area contributed by atoms with Crippen LogP contribution in [0.4, 0.5) is 11.5 Å². The van der Waals surface area contributed by atoms with Gasteiger partial charge >= 0.3 is 11.7 Å². The van der Waals surface area contributed by atoms with Gasteiger partial charge in [-0.05, 0) is 0 Å². The quantitative estimate of drug-likeness (QED) is 0.503. The number of nitrogens with zero attached hydrogens (tertiary/aromatic N) is 3. The van der Waals surface area contributed by atoms with E-state index in [1.54, 1.807) is 6.08 Å². The third-order valence-corrected chi connectivity index (χ3v) is 3.03. The van der Waals surface area contributed by atoms with Gasteiger partial charge < -0.3 is 5.11 Å². The predicted octanol–water partition coefficient (Wildman–Crippen LogP) is 1.23. The summed E-state index contributed by atoms with van der Waals surface area (Å²) in [4.78, 5) is 37.9. The molecule has 1 atom stereocenters. The molecule has 1 amide bonds. The number of amides is 1. The Morgan fingerprint density at radius 2 is 2.35 bits per heavy atom. The standard InChI is InChI=1S/C12H11N3O5/c1-2-7-3-10(16)14(6-7)11-9(15(19)20)4-8(5-13-11)12(17)18/h2,4-5,7H,1,3,6H2,(H,17,18). The summed E-state index contributed by atoms with van der Waals surface area (Å²) in [6.07, 6.45) is 2.82. The van der Waals surface area contributed by atoms with Crippen LogP contribution in [0, 0.1) is 16.0 Å². The number of aromatic nitrogens is 1. The van der Waals surface area contributed by atoms with Crippen LogP contribution in [0.1, 0.15) is 16.8 Å². The smallest absolute Gasteiger partial charge is 0.337 e. The van der Waals surface area contributed by atoms with E-state index in [1.807, 2.05) is 0 Å². The SMILES string of the molecule is C=CC1CC(=O)N(c2ncc(C(=O)O)cc2[N+](=O)[O-])C1.